The van der Waals surface area contributed by atoms with Crippen molar-refractivity contribution in [2.75, 3.05) is 5.32 Å². The van der Waals surface area contributed by atoms with Gasteiger partial charge in [0, 0.05) is 5.69 Å². The first-order valence-electron chi connectivity index (χ1n) is 9.02. The van der Waals surface area contributed by atoms with Crippen molar-refractivity contribution < 1.29 is 9.53 Å². The van der Waals surface area contributed by atoms with Crippen molar-refractivity contribution in [1.29, 1.82) is 0 Å². The summed E-state index contributed by atoms with van der Waals surface area (Å²) in [5.41, 5.74) is 4.20. The van der Waals surface area contributed by atoms with Gasteiger partial charge in [-0.05, 0) is 61.2 Å². The molecule has 3 heteroatoms. The Morgan fingerprint density at radius 1 is 0.962 bits per heavy atom. The van der Waals surface area contributed by atoms with Gasteiger partial charge >= 0.3 is 0 Å². The van der Waals surface area contributed by atoms with Crippen LogP contribution in [0.1, 0.15) is 30.0 Å². The van der Waals surface area contributed by atoms with Gasteiger partial charge in [0.05, 0.1) is 0 Å². The Balaban J connectivity index is 1.78. The average Bonchev–Trinajstić information content (AvgIpc) is 2.62. The highest BCUT2D eigenvalue weighted by atomic mass is 16.5. The largest absolute Gasteiger partial charge is 0.481 e. The SMILES string of the molecule is CC[C@H](Oc1ccc2ccccc2c1)C(=O)Nc1c(C)cc(C)cc1C. The highest BCUT2D eigenvalue weighted by molar-refractivity contribution is 5.96. The van der Waals surface area contributed by atoms with E-state index in [0.717, 1.165) is 27.6 Å². The first-order valence-corrected chi connectivity index (χ1v) is 9.02. The van der Waals surface area contributed by atoms with Crippen LogP contribution in [0.15, 0.2) is 54.6 Å². The van der Waals surface area contributed by atoms with Crippen molar-refractivity contribution in [2.45, 2.75) is 40.2 Å². The summed E-state index contributed by atoms with van der Waals surface area (Å²) in [6.45, 7) is 8.05. The number of fused-ring (bicyclic) bond motifs is 1. The number of carbonyl (C=O) groups excluding carboxylic acids is 1. The molecule has 3 rings (SSSR count). The van der Waals surface area contributed by atoms with Crippen LogP contribution >= 0.6 is 0 Å². The fourth-order valence-corrected chi connectivity index (χ4v) is 3.31. The minimum Gasteiger partial charge on any atom is -0.481 e. The van der Waals surface area contributed by atoms with Crippen molar-refractivity contribution >= 4 is 22.4 Å². The monoisotopic (exact) mass is 347 g/mol. The van der Waals surface area contributed by atoms with E-state index in [1.807, 2.05) is 57.2 Å². The van der Waals surface area contributed by atoms with Gasteiger partial charge in [0.2, 0.25) is 0 Å². The molecular weight excluding hydrogens is 322 g/mol. The zero-order chi connectivity index (χ0) is 18.7. The summed E-state index contributed by atoms with van der Waals surface area (Å²) >= 11 is 0. The Bertz CT molecular complexity index is 923. The van der Waals surface area contributed by atoms with Gasteiger partial charge in [0.1, 0.15) is 5.75 Å². The zero-order valence-electron chi connectivity index (χ0n) is 15.8. The van der Waals surface area contributed by atoms with Gasteiger partial charge in [-0.15, -0.1) is 0 Å². The lowest BCUT2D eigenvalue weighted by Gasteiger charge is -2.19. The van der Waals surface area contributed by atoms with Crippen LogP contribution in [-0.2, 0) is 4.79 Å². The molecule has 1 N–H and O–H groups in total. The molecule has 0 unspecified atom stereocenters. The molecule has 0 saturated carbocycles. The molecule has 3 aromatic rings. The number of rotatable bonds is 5. The summed E-state index contributed by atoms with van der Waals surface area (Å²) in [5, 5.41) is 5.31. The molecule has 0 radical (unpaired) electrons. The molecule has 26 heavy (non-hydrogen) atoms. The number of nitrogens with one attached hydrogen (secondary N) is 1. The molecular formula is C23H25NO2. The van der Waals surface area contributed by atoms with Gasteiger partial charge in [-0.1, -0.05) is 55.0 Å². The van der Waals surface area contributed by atoms with Gasteiger partial charge in [-0.25, -0.2) is 0 Å². The number of hydrogen-bond acceptors (Lipinski definition) is 2. The number of aryl methyl sites for hydroxylation is 3. The molecule has 1 atom stereocenters. The average molecular weight is 347 g/mol. The lowest BCUT2D eigenvalue weighted by atomic mass is 10.0. The Kier molecular flexibility index (Phi) is 5.27. The van der Waals surface area contributed by atoms with E-state index >= 15 is 0 Å². The standard InChI is InChI=1S/C23H25NO2/c1-5-21(23(25)24-22-16(3)12-15(2)13-17(22)4)26-20-11-10-18-8-6-7-9-19(18)14-20/h6-14,21H,5H2,1-4H3,(H,24,25)/t21-/m0/s1. The fourth-order valence-electron chi connectivity index (χ4n) is 3.31. The Morgan fingerprint density at radius 3 is 2.27 bits per heavy atom. The van der Waals surface area contributed by atoms with E-state index in [4.69, 9.17) is 4.74 Å². The molecule has 3 aromatic carbocycles. The van der Waals surface area contributed by atoms with E-state index in [1.165, 1.54) is 5.56 Å². The molecule has 134 valence electrons. The van der Waals surface area contributed by atoms with Crippen LogP contribution in [-0.4, -0.2) is 12.0 Å². The fraction of sp³-hybridized carbons (Fsp3) is 0.261. The van der Waals surface area contributed by atoms with E-state index in [0.29, 0.717) is 12.2 Å². The van der Waals surface area contributed by atoms with Crippen molar-refractivity contribution in [3.05, 3.63) is 71.3 Å². The molecule has 0 saturated heterocycles. The maximum Gasteiger partial charge on any atom is 0.265 e. The summed E-state index contributed by atoms with van der Waals surface area (Å²) in [7, 11) is 0. The van der Waals surface area contributed by atoms with Crippen LogP contribution in [0.2, 0.25) is 0 Å². The highest BCUT2D eigenvalue weighted by Gasteiger charge is 2.20. The minimum atomic E-state index is -0.531. The van der Waals surface area contributed by atoms with Gasteiger partial charge in [0.25, 0.3) is 5.91 Å². The molecule has 0 bridgehead atoms. The van der Waals surface area contributed by atoms with Crippen molar-refractivity contribution in [3.63, 3.8) is 0 Å². The smallest absolute Gasteiger partial charge is 0.265 e. The van der Waals surface area contributed by atoms with Gasteiger partial charge < -0.3 is 10.1 Å². The summed E-state index contributed by atoms with van der Waals surface area (Å²) in [5.74, 6) is 0.596. The van der Waals surface area contributed by atoms with Gasteiger partial charge in [-0.3, -0.25) is 4.79 Å². The van der Waals surface area contributed by atoms with Crippen molar-refractivity contribution in [1.82, 2.24) is 0 Å². The number of ether oxygens (including phenoxy) is 1. The van der Waals surface area contributed by atoms with Crippen LogP contribution in [0.25, 0.3) is 10.8 Å². The van der Waals surface area contributed by atoms with Crippen molar-refractivity contribution in [2.24, 2.45) is 0 Å². The van der Waals surface area contributed by atoms with Crippen LogP contribution in [0.3, 0.4) is 0 Å². The molecule has 0 aliphatic rings. The Morgan fingerprint density at radius 2 is 1.62 bits per heavy atom. The number of hydrogen-bond donors (Lipinski definition) is 1. The third-order valence-corrected chi connectivity index (χ3v) is 4.59. The summed E-state index contributed by atoms with van der Waals surface area (Å²) < 4.78 is 6.00. The van der Waals surface area contributed by atoms with E-state index < -0.39 is 6.10 Å². The van der Waals surface area contributed by atoms with Gasteiger partial charge in [0.15, 0.2) is 6.10 Å². The lowest BCUT2D eigenvalue weighted by molar-refractivity contribution is -0.122. The third-order valence-electron chi connectivity index (χ3n) is 4.59. The number of carbonyl (C=O) groups is 1. The van der Waals surface area contributed by atoms with Gasteiger partial charge in [-0.2, -0.15) is 0 Å². The normalized spacial score (nSPS) is 12.0. The molecule has 0 aromatic heterocycles. The second kappa shape index (κ2) is 7.61. The minimum absolute atomic E-state index is 0.115. The predicted molar refractivity (Wildman–Crippen MR) is 108 cm³/mol. The molecule has 1 amide bonds. The van der Waals surface area contributed by atoms with E-state index in [2.05, 4.69) is 30.4 Å². The lowest BCUT2D eigenvalue weighted by Crippen LogP contribution is -2.32. The molecule has 0 aliphatic carbocycles. The second-order valence-corrected chi connectivity index (χ2v) is 6.79. The maximum absolute atomic E-state index is 12.8. The predicted octanol–water partition coefficient (Wildman–Crippen LogP) is 5.56. The summed E-state index contributed by atoms with van der Waals surface area (Å²) in [6, 6.07) is 18.2. The van der Waals surface area contributed by atoms with Crippen LogP contribution in [0.4, 0.5) is 5.69 Å². The number of benzene rings is 3. The number of anilines is 1. The summed E-state index contributed by atoms with van der Waals surface area (Å²) in [4.78, 5) is 12.8. The maximum atomic E-state index is 12.8. The first-order chi connectivity index (χ1) is 12.5. The van der Waals surface area contributed by atoms with E-state index in [1.54, 1.807) is 0 Å². The highest BCUT2D eigenvalue weighted by Crippen LogP contribution is 2.24. The molecule has 0 fully saturated rings. The molecule has 0 aliphatic heterocycles. The van der Waals surface area contributed by atoms with Crippen LogP contribution in [0.5, 0.6) is 5.75 Å². The quantitative estimate of drug-likeness (QED) is 0.656. The van der Waals surface area contributed by atoms with Crippen LogP contribution in [0, 0.1) is 20.8 Å². The molecule has 0 spiro atoms. The third kappa shape index (κ3) is 3.88. The van der Waals surface area contributed by atoms with Crippen molar-refractivity contribution in [3.8, 4) is 5.75 Å². The molecule has 3 nitrogen and oxygen atoms in total. The van der Waals surface area contributed by atoms with E-state index in [9.17, 15) is 4.79 Å². The second-order valence-electron chi connectivity index (χ2n) is 6.79. The zero-order valence-corrected chi connectivity index (χ0v) is 15.8. The topological polar surface area (TPSA) is 38.3 Å². The first kappa shape index (κ1) is 18.0. The van der Waals surface area contributed by atoms with E-state index in [-0.39, 0.29) is 5.91 Å². The Hall–Kier alpha value is -2.81. The molecule has 0 heterocycles. The Labute approximate surface area is 155 Å². The summed E-state index contributed by atoms with van der Waals surface area (Å²) in [6.07, 6.45) is 0.0686. The van der Waals surface area contributed by atoms with Crippen LogP contribution < -0.4 is 10.1 Å². The number of amides is 1.